The highest BCUT2D eigenvalue weighted by Gasteiger charge is 2.39. The first-order chi connectivity index (χ1) is 19.9. The van der Waals surface area contributed by atoms with Gasteiger partial charge in [0.05, 0.1) is 16.1 Å². The molecule has 0 radical (unpaired) electrons. The number of nitrogens with two attached hydrogens (primary N) is 2. The molecule has 1 amide bonds. The molecule has 2 aliphatic rings. The zero-order valence-corrected chi connectivity index (χ0v) is 25.3. The fourth-order valence-electron chi connectivity index (χ4n) is 5.38. The molecule has 1 fully saturated rings. The van der Waals surface area contributed by atoms with Gasteiger partial charge in [-0.3, -0.25) is 15.2 Å². The van der Waals surface area contributed by atoms with Crippen molar-refractivity contribution in [1.29, 1.82) is 0 Å². The molecule has 1 saturated heterocycles. The van der Waals surface area contributed by atoms with Gasteiger partial charge < -0.3 is 21.0 Å². The molecular formula is C27H31ClF3N7O2S2. The van der Waals surface area contributed by atoms with Crippen LogP contribution in [0, 0.1) is 0 Å². The number of nitrogens with one attached hydrogen (secondary N) is 1. The number of rotatable bonds is 4. The molecule has 5 N–H and O–H groups in total. The van der Waals surface area contributed by atoms with Crippen LogP contribution in [0.15, 0.2) is 52.3 Å². The lowest BCUT2D eigenvalue weighted by Gasteiger charge is -2.44. The van der Waals surface area contributed by atoms with Gasteiger partial charge in [0.15, 0.2) is 0 Å². The number of carbonyl (C=O) groups excluding carboxylic acids is 1. The summed E-state index contributed by atoms with van der Waals surface area (Å²) in [5.41, 5.74) is 6.27. The molecule has 9 nitrogen and oxygen atoms in total. The first-order valence-corrected chi connectivity index (χ1v) is 15.3. The van der Waals surface area contributed by atoms with E-state index in [1.54, 1.807) is 10.3 Å². The monoisotopic (exact) mass is 641 g/mol. The van der Waals surface area contributed by atoms with Crippen molar-refractivity contribution in [3.63, 3.8) is 0 Å². The average Bonchev–Trinajstić information content (AvgIpc) is 3.23. The van der Waals surface area contributed by atoms with Crippen LogP contribution in [0.25, 0.3) is 21.3 Å². The molecule has 2 aliphatic heterocycles. The lowest BCUT2D eigenvalue weighted by atomic mass is 10.0. The third kappa shape index (κ3) is 6.26. The predicted octanol–water partition coefficient (Wildman–Crippen LogP) is 4.78. The Morgan fingerprint density at radius 1 is 1.26 bits per heavy atom. The van der Waals surface area contributed by atoms with Crippen LogP contribution in [0.3, 0.4) is 0 Å². The maximum Gasteiger partial charge on any atom is 0.417 e. The van der Waals surface area contributed by atoms with E-state index in [-0.39, 0.29) is 34.8 Å². The highest BCUT2D eigenvalue weighted by Crippen LogP contribution is 2.49. The van der Waals surface area contributed by atoms with Crippen molar-refractivity contribution in [3.05, 3.63) is 63.6 Å². The third-order valence-corrected chi connectivity index (χ3v) is 9.40. The Morgan fingerprint density at radius 3 is 2.48 bits per heavy atom. The van der Waals surface area contributed by atoms with Crippen LogP contribution in [0.4, 0.5) is 19.0 Å². The van der Waals surface area contributed by atoms with E-state index in [1.807, 2.05) is 18.7 Å². The van der Waals surface area contributed by atoms with Crippen molar-refractivity contribution in [2.24, 2.45) is 11.6 Å². The summed E-state index contributed by atoms with van der Waals surface area (Å²) in [5.74, 6) is 5.29. The first kappa shape index (κ1) is 31.7. The van der Waals surface area contributed by atoms with Gasteiger partial charge in [0.1, 0.15) is 5.82 Å². The zero-order valence-electron chi connectivity index (χ0n) is 22.9. The van der Waals surface area contributed by atoms with Gasteiger partial charge >= 0.3 is 11.9 Å². The molecule has 0 saturated carbocycles. The number of aromatic nitrogens is 2. The SMILES string of the molecule is C=CC(=O)N1C(C)CN(c2nc(=O)n3c4c(c(-c5cc(Cl)cs5)c(C(F)(F)F)cc24)SCCC3)CC1C.N/C=C\NN. The van der Waals surface area contributed by atoms with Crippen molar-refractivity contribution in [3.8, 4) is 10.4 Å². The number of carbonyl (C=O) groups is 1. The van der Waals surface area contributed by atoms with Gasteiger partial charge in [0.25, 0.3) is 0 Å². The minimum atomic E-state index is -4.64. The average molecular weight is 642 g/mol. The van der Waals surface area contributed by atoms with Gasteiger partial charge in [0.2, 0.25) is 5.91 Å². The fourth-order valence-corrected chi connectivity index (χ4v) is 7.79. The number of thioether (sulfide) groups is 1. The minimum Gasteiger partial charge on any atom is -0.403 e. The number of anilines is 1. The van der Waals surface area contributed by atoms with Gasteiger partial charge in [-0.15, -0.1) is 23.1 Å². The zero-order chi connectivity index (χ0) is 30.8. The molecule has 2 atom stereocenters. The van der Waals surface area contributed by atoms with Crippen molar-refractivity contribution >= 4 is 57.3 Å². The number of amides is 1. The van der Waals surface area contributed by atoms with Crippen LogP contribution in [0.5, 0.6) is 0 Å². The van der Waals surface area contributed by atoms with Crippen molar-refractivity contribution in [1.82, 2.24) is 19.9 Å². The summed E-state index contributed by atoms with van der Waals surface area (Å²) >= 11 is 8.58. The Bertz CT molecular complexity index is 1560. The molecule has 3 aromatic rings. The summed E-state index contributed by atoms with van der Waals surface area (Å²) in [6, 6.07) is 2.15. The smallest absolute Gasteiger partial charge is 0.403 e. The Labute approximate surface area is 254 Å². The van der Waals surface area contributed by atoms with E-state index < -0.39 is 17.4 Å². The topological polar surface area (TPSA) is 123 Å². The van der Waals surface area contributed by atoms with E-state index in [9.17, 15) is 22.8 Å². The summed E-state index contributed by atoms with van der Waals surface area (Å²) in [7, 11) is 0. The lowest BCUT2D eigenvalue weighted by molar-refractivity contribution is -0.137. The van der Waals surface area contributed by atoms with Gasteiger partial charge in [-0.05, 0) is 44.2 Å². The van der Waals surface area contributed by atoms with Crippen molar-refractivity contribution in [2.75, 3.05) is 23.7 Å². The Kier molecular flexibility index (Phi) is 9.81. The molecule has 2 unspecified atom stereocenters. The first-order valence-electron chi connectivity index (χ1n) is 13.0. The Hall–Kier alpha value is -3.20. The summed E-state index contributed by atoms with van der Waals surface area (Å²) in [6.07, 6.45) is -0.0144. The maximum absolute atomic E-state index is 14.6. The highest BCUT2D eigenvalue weighted by molar-refractivity contribution is 7.99. The summed E-state index contributed by atoms with van der Waals surface area (Å²) in [5, 5.41) is 2.25. The lowest BCUT2D eigenvalue weighted by Crippen LogP contribution is -2.58. The Balaban J connectivity index is 0.000000748. The largest absolute Gasteiger partial charge is 0.417 e. The molecule has 15 heteroatoms. The fraction of sp³-hybridized carbons (Fsp3) is 0.370. The van der Waals surface area contributed by atoms with E-state index in [1.165, 1.54) is 40.9 Å². The number of benzene rings is 1. The molecule has 0 spiro atoms. The van der Waals surface area contributed by atoms with Crippen LogP contribution in [0.2, 0.25) is 5.02 Å². The Morgan fingerprint density at radius 2 is 1.95 bits per heavy atom. The van der Waals surface area contributed by atoms with Crippen LogP contribution in [-0.4, -0.2) is 51.3 Å². The van der Waals surface area contributed by atoms with E-state index in [4.69, 9.17) is 23.2 Å². The number of nitrogens with zero attached hydrogens (tertiary/aromatic N) is 4. The standard InChI is InChI=1S/C25H24ClF3N4O2S2.C2H7N3/c1-4-19(34)33-13(2)10-31(11-14(33)3)23-16-9-17(25(27,28)29)20(18-8-15(26)12-37-18)22-21(16)32(24(35)30-23)6-5-7-36-22;3-1-2-5-4/h4,8-9,12-14H,1,5-7,10-11H2,2-3H3;1-2,5H,3-4H2/b;2-1-. The number of hydrogen-bond acceptors (Lipinski definition) is 9. The quantitative estimate of drug-likeness (QED) is 0.211. The second-order valence-electron chi connectivity index (χ2n) is 9.80. The van der Waals surface area contributed by atoms with Gasteiger partial charge in [0, 0.05) is 70.2 Å². The van der Waals surface area contributed by atoms with E-state index in [0.29, 0.717) is 52.1 Å². The molecule has 226 valence electrons. The summed E-state index contributed by atoms with van der Waals surface area (Å²) in [6.45, 7) is 8.31. The summed E-state index contributed by atoms with van der Waals surface area (Å²) in [4.78, 5) is 34.3. The second kappa shape index (κ2) is 13.0. The predicted molar refractivity (Wildman–Crippen MR) is 163 cm³/mol. The normalized spacial score (nSPS) is 18.9. The number of thiophene rings is 1. The molecular weight excluding hydrogens is 611 g/mol. The number of aryl methyl sites for hydroxylation is 1. The second-order valence-corrected chi connectivity index (χ2v) is 12.3. The van der Waals surface area contributed by atoms with Crippen LogP contribution >= 0.6 is 34.7 Å². The van der Waals surface area contributed by atoms with E-state index in [0.717, 1.165) is 17.4 Å². The molecule has 0 bridgehead atoms. The van der Waals surface area contributed by atoms with Gasteiger partial charge in [-0.25, -0.2) is 4.79 Å². The van der Waals surface area contributed by atoms with Crippen molar-refractivity contribution < 1.29 is 18.0 Å². The van der Waals surface area contributed by atoms with Crippen molar-refractivity contribution in [2.45, 2.75) is 50.0 Å². The number of hydrazine groups is 1. The third-order valence-electron chi connectivity index (χ3n) is 6.93. The number of hydrogen-bond donors (Lipinski definition) is 3. The van der Waals surface area contributed by atoms with Crippen LogP contribution < -0.4 is 27.6 Å². The molecule has 5 rings (SSSR count). The van der Waals surface area contributed by atoms with Gasteiger partial charge in [-0.2, -0.15) is 18.2 Å². The summed E-state index contributed by atoms with van der Waals surface area (Å²) < 4.78 is 45.2. The molecule has 0 aliphatic carbocycles. The highest BCUT2D eigenvalue weighted by atomic mass is 35.5. The van der Waals surface area contributed by atoms with Crippen LogP contribution in [-0.2, 0) is 17.5 Å². The molecule has 1 aromatic carbocycles. The number of alkyl halides is 3. The number of piperazine rings is 1. The molecule has 4 heterocycles. The molecule has 42 heavy (non-hydrogen) atoms. The minimum absolute atomic E-state index is 0.0530. The van der Waals surface area contributed by atoms with E-state index in [2.05, 4.69) is 17.0 Å². The molecule has 2 aromatic heterocycles. The van der Waals surface area contributed by atoms with E-state index >= 15 is 0 Å². The maximum atomic E-state index is 14.6. The van der Waals surface area contributed by atoms with Gasteiger partial charge in [-0.1, -0.05) is 18.2 Å². The van der Waals surface area contributed by atoms with Crippen LogP contribution in [0.1, 0.15) is 25.8 Å². The number of halogens is 4.